The minimum absolute atomic E-state index is 0.199. The molecule has 1 aromatic carbocycles. The Morgan fingerprint density at radius 3 is 2.96 bits per heavy atom. The molecule has 0 spiro atoms. The zero-order valence-electron chi connectivity index (χ0n) is 13.0. The third-order valence-electron chi connectivity index (χ3n) is 4.02. The number of rotatable bonds is 5. The van der Waals surface area contributed by atoms with Crippen molar-refractivity contribution in [3.8, 4) is 0 Å². The first-order chi connectivity index (χ1) is 11.1. The second-order valence-corrected chi connectivity index (χ2v) is 6.58. The molecule has 0 saturated heterocycles. The molecule has 3 rings (SSSR count). The molecule has 122 valence electrons. The van der Waals surface area contributed by atoms with Gasteiger partial charge in [-0.15, -0.1) is 11.8 Å². The molecule has 5 nitrogen and oxygen atoms in total. The number of carbonyl (C=O) groups excluding carboxylic acids is 1. The molecule has 0 bridgehead atoms. The molecule has 1 aliphatic rings. The fraction of sp³-hybridized carbons (Fsp3) is 0.412. The van der Waals surface area contributed by atoms with E-state index < -0.39 is 5.97 Å². The first kappa shape index (κ1) is 15.9. The Morgan fingerprint density at radius 1 is 1.39 bits per heavy atom. The lowest BCUT2D eigenvalue weighted by Gasteiger charge is -2.07. The first-order valence-corrected chi connectivity index (χ1v) is 8.77. The molecule has 0 fully saturated rings. The lowest BCUT2D eigenvalue weighted by atomic mass is 10.1. The van der Waals surface area contributed by atoms with E-state index in [0.29, 0.717) is 25.3 Å². The second kappa shape index (κ2) is 6.66. The Labute approximate surface area is 138 Å². The largest absolute Gasteiger partial charge is 0.477 e. The molecule has 2 heterocycles. The summed E-state index contributed by atoms with van der Waals surface area (Å²) in [4.78, 5) is 24.6. The molecule has 1 aliphatic heterocycles. The molecule has 0 saturated carbocycles. The topological polar surface area (TPSA) is 68.5 Å². The summed E-state index contributed by atoms with van der Waals surface area (Å²) in [6, 6.07) is 5.95. The summed E-state index contributed by atoms with van der Waals surface area (Å²) in [5.74, 6) is -0.238. The Kier molecular flexibility index (Phi) is 4.61. The number of aromatic nitrogens is 1. The van der Waals surface area contributed by atoms with Gasteiger partial charge in [0, 0.05) is 23.2 Å². The number of carboxylic acids is 1. The lowest BCUT2D eigenvalue weighted by Crippen LogP contribution is -2.12. The predicted molar refractivity (Wildman–Crippen MR) is 89.2 cm³/mol. The number of aromatic carboxylic acids is 1. The number of benzene rings is 1. The number of hydrogen-bond acceptors (Lipinski definition) is 4. The molecule has 23 heavy (non-hydrogen) atoms. The van der Waals surface area contributed by atoms with Crippen LogP contribution in [0.5, 0.6) is 0 Å². The van der Waals surface area contributed by atoms with Crippen LogP contribution in [0.4, 0.5) is 0 Å². The van der Waals surface area contributed by atoms with Gasteiger partial charge in [-0.2, -0.15) is 0 Å². The molecule has 0 unspecified atom stereocenters. The van der Waals surface area contributed by atoms with E-state index >= 15 is 0 Å². The molecular formula is C17H19NO4S. The van der Waals surface area contributed by atoms with Crippen molar-refractivity contribution in [3.63, 3.8) is 0 Å². The van der Waals surface area contributed by atoms with Gasteiger partial charge in [-0.25, -0.2) is 4.79 Å². The smallest absolute Gasteiger partial charge is 0.352 e. The highest BCUT2D eigenvalue weighted by Crippen LogP contribution is 2.37. The fourth-order valence-electron chi connectivity index (χ4n) is 3.15. The van der Waals surface area contributed by atoms with Crippen LogP contribution in [0.3, 0.4) is 0 Å². The number of ether oxygens (including phenoxy) is 1. The number of esters is 1. The maximum atomic E-state index is 11.8. The van der Waals surface area contributed by atoms with Gasteiger partial charge >= 0.3 is 11.9 Å². The van der Waals surface area contributed by atoms with Crippen LogP contribution in [0.15, 0.2) is 23.1 Å². The van der Waals surface area contributed by atoms with Crippen molar-refractivity contribution in [2.24, 2.45) is 0 Å². The van der Waals surface area contributed by atoms with Crippen molar-refractivity contribution >= 4 is 34.6 Å². The van der Waals surface area contributed by atoms with Crippen LogP contribution in [-0.4, -0.2) is 34.0 Å². The van der Waals surface area contributed by atoms with Crippen molar-refractivity contribution in [1.82, 2.24) is 4.57 Å². The monoisotopic (exact) mass is 333 g/mol. The number of para-hydroxylation sites is 1. The van der Waals surface area contributed by atoms with Crippen LogP contribution in [0.2, 0.25) is 0 Å². The molecule has 6 heteroatoms. The van der Waals surface area contributed by atoms with Crippen LogP contribution in [-0.2, 0) is 22.5 Å². The number of nitrogens with zero attached hydrogens (tertiary/aromatic N) is 1. The van der Waals surface area contributed by atoms with E-state index in [-0.39, 0.29) is 12.4 Å². The SMILES string of the molecule is CCOC(=O)CCc1c(C(=O)O)n2c3c(cccc13)SCCC2. The van der Waals surface area contributed by atoms with Crippen LogP contribution >= 0.6 is 11.8 Å². The minimum Gasteiger partial charge on any atom is -0.477 e. The summed E-state index contributed by atoms with van der Waals surface area (Å²) in [5, 5.41) is 10.7. The van der Waals surface area contributed by atoms with Crippen LogP contribution in [0, 0.1) is 0 Å². The van der Waals surface area contributed by atoms with E-state index in [1.165, 1.54) is 0 Å². The Morgan fingerprint density at radius 2 is 2.22 bits per heavy atom. The summed E-state index contributed by atoms with van der Waals surface area (Å²) in [6.45, 7) is 2.80. The molecule has 0 aliphatic carbocycles. The second-order valence-electron chi connectivity index (χ2n) is 5.44. The van der Waals surface area contributed by atoms with Gasteiger partial charge in [0.1, 0.15) is 5.69 Å². The van der Waals surface area contributed by atoms with E-state index in [2.05, 4.69) is 0 Å². The van der Waals surface area contributed by atoms with Gasteiger partial charge < -0.3 is 14.4 Å². The Balaban J connectivity index is 2.10. The van der Waals surface area contributed by atoms with E-state index in [9.17, 15) is 14.7 Å². The molecule has 1 aromatic heterocycles. The van der Waals surface area contributed by atoms with Crippen molar-refractivity contribution in [2.75, 3.05) is 12.4 Å². The molecule has 0 amide bonds. The van der Waals surface area contributed by atoms with Gasteiger partial charge in [-0.1, -0.05) is 12.1 Å². The highest BCUT2D eigenvalue weighted by Gasteiger charge is 2.25. The predicted octanol–water partition coefficient (Wildman–Crippen LogP) is 3.33. The molecule has 0 atom stereocenters. The molecular weight excluding hydrogens is 314 g/mol. The minimum atomic E-state index is -0.932. The van der Waals surface area contributed by atoms with Crippen molar-refractivity contribution < 1.29 is 19.4 Å². The van der Waals surface area contributed by atoms with Gasteiger partial charge in [0.05, 0.1) is 12.1 Å². The first-order valence-electron chi connectivity index (χ1n) is 7.79. The highest BCUT2D eigenvalue weighted by molar-refractivity contribution is 7.99. The third kappa shape index (κ3) is 2.95. The number of carboxylic acid groups (broad SMARTS) is 1. The van der Waals surface area contributed by atoms with Gasteiger partial charge in [0.2, 0.25) is 0 Å². The zero-order valence-corrected chi connectivity index (χ0v) is 13.8. The summed E-state index contributed by atoms with van der Waals surface area (Å²) in [7, 11) is 0. The third-order valence-corrected chi connectivity index (χ3v) is 5.15. The Hall–Kier alpha value is -1.95. The van der Waals surface area contributed by atoms with E-state index in [0.717, 1.165) is 33.5 Å². The average Bonchev–Trinajstić information content (AvgIpc) is 2.68. The van der Waals surface area contributed by atoms with E-state index in [1.54, 1.807) is 18.7 Å². The number of aryl methyl sites for hydroxylation is 2. The van der Waals surface area contributed by atoms with Crippen LogP contribution < -0.4 is 0 Å². The Bertz CT molecular complexity index is 766. The van der Waals surface area contributed by atoms with Gasteiger partial charge in [-0.3, -0.25) is 4.79 Å². The van der Waals surface area contributed by atoms with Crippen molar-refractivity contribution in [2.45, 2.75) is 37.6 Å². The summed E-state index contributed by atoms with van der Waals surface area (Å²) in [6.07, 6.45) is 1.52. The summed E-state index contributed by atoms with van der Waals surface area (Å²) in [5.41, 5.74) is 2.05. The lowest BCUT2D eigenvalue weighted by molar-refractivity contribution is -0.143. The van der Waals surface area contributed by atoms with Crippen molar-refractivity contribution in [1.29, 1.82) is 0 Å². The van der Waals surface area contributed by atoms with Gasteiger partial charge in [0.25, 0.3) is 0 Å². The summed E-state index contributed by atoms with van der Waals surface area (Å²) >= 11 is 1.76. The van der Waals surface area contributed by atoms with Crippen LogP contribution in [0.1, 0.15) is 35.8 Å². The number of hydrogen-bond donors (Lipinski definition) is 1. The molecule has 1 N–H and O–H groups in total. The molecule has 0 radical (unpaired) electrons. The van der Waals surface area contributed by atoms with Gasteiger partial charge in [-0.05, 0) is 37.1 Å². The van der Waals surface area contributed by atoms with Crippen LogP contribution in [0.25, 0.3) is 10.9 Å². The average molecular weight is 333 g/mol. The fourth-order valence-corrected chi connectivity index (χ4v) is 4.17. The molecule has 2 aromatic rings. The maximum Gasteiger partial charge on any atom is 0.352 e. The number of thioether (sulfide) groups is 1. The number of carbonyl (C=O) groups is 2. The van der Waals surface area contributed by atoms with E-state index in [4.69, 9.17) is 4.74 Å². The quantitative estimate of drug-likeness (QED) is 0.850. The maximum absolute atomic E-state index is 11.8. The van der Waals surface area contributed by atoms with E-state index in [1.807, 2.05) is 22.8 Å². The van der Waals surface area contributed by atoms with Crippen molar-refractivity contribution in [3.05, 3.63) is 29.5 Å². The van der Waals surface area contributed by atoms with Gasteiger partial charge in [0.15, 0.2) is 0 Å². The zero-order chi connectivity index (χ0) is 16.4. The highest BCUT2D eigenvalue weighted by atomic mass is 32.2. The summed E-state index contributed by atoms with van der Waals surface area (Å²) < 4.78 is 6.88. The standard InChI is InChI=1S/C17H19NO4S/c1-2-22-14(19)8-7-12-11-5-3-6-13-15(11)18(9-4-10-23-13)16(12)17(20)21/h3,5-6H,2,4,7-10H2,1H3,(H,20,21). The normalized spacial score (nSPS) is 13.8.